The zero-order valence-corrected chi connectivity index (χ0v) is 10.1. The van der Waals surface area contributed by atoms with Gasteiger partial charge in [0.15, 0.2) is 0 Å². The predicted molar refractivity (Wildman–Crippen MR) is 61.8 cm³/mol. The number of hydrogen-bond acceptors (Lipinski definition) is 3. The first-order valence-electron chi connectivity index (χ1n) is 6.01. The van der Waals surface area contributed by atoms with E-state index in [0.717, 1.165) is 19.4 Å². The summed E-state index contributed by atoms with van der Waals surface area (Å²) in [5.41, 5.74) is 0. The molecule has 1 rings (SSSR count). The number of carboxylic acid groups (broad SMARTS) is 1. The van der Waals surface area contributed by atoms with Crippen LogP contribution in [0.1, 0.15) is 32.6 Å². The minimum atomic E-state index is -0.998. The summed E-state index contributed by atoms with van der Waals surface area (Å²) in [5.74, 6) is -0.998. The highest BCUT2D eigenvalue weighted by atomic mass is 16.5. The van der Waals surface area contributed by atoms with E-state index in [2.05, 4.69) is 10.6 Å². The quantitative estimate of drug-likeness (QED) is 0.665. The second-order valence-corrected chi connectivity index (χ2v) is 4.21. The van der Waals surface area contributed by atoms with Gasteiger partial charge in [-0.05, 0) is 19.3 Å². The van der Waals surface area contributed by atoms with E-state index in [9.17, 15) is 9.59 Å². The number of amides is 2. The van der Waals surface area contributed by atoms with Crippen LogP contribution in [0.3, 0.4) is 0 Å². The topological polar surface area (TPSA) is 87.7 Å². The number of nitrogens with one attached hydrogen (secondary N) is 2. The Hall–Kier alpha value is -1.30. The minimum Gasteiger partial charge on any atom is -0.480 e. The third kappa shape index (κ3) is 5.04. The highest BCUT2D eigenvalue weighted by Crippen LogP contribution is 2.05. The van der Waals surface area contributed by atoms with Gasteiger partial charge in [0.2, 0.25) is 0 Å². The van der Waals surface area contributed by atoms with E-state index in [1.54, 1.807) is 0 Å². The Balaban J connectivity index is 2.33. The Morgan fingerprint density at radius 2 is 2.29 bits per heavy atom. The zero-order valence-electron chi connectivity index (χ0n) is 10.1. The zero-order chi connectivity index (χ0) is 12.7. The minimum absolute atomic E-state index is 0.0141. The summed E-state index contributed by atoms with van der Waals surface area (Å²) < 4.78 is 5.22. The Kier molecular flexibility index (Phi) is 5.76. The molecule has 2 atom stereocenters. The molecule has 6 heteroatoms. The lowest BCUT2D eigenvalue weighted by molar-refractivity contribution is -0.139. The average Bonchev–Trinajstić information content (AvgIpc) is 2.29. The van der Waals surface area contributed by atoms with Gasteiger partial charge in [-0.1, -0.05) is 13.3 Å². The van der Waals surface area contributed by atoms with Crippen LogP contribution >= 0.6 is 0 Å². The van der Waals surface area contributed by atoms with Gasteiger partial charge in [0.05, 0.1) is 12.6 Å². The molecule has 0 radical (unpaired) electrons. The number of rotatable bonds is 5. The lowest BCUT2D eigenvalue weighted by atomic mass is 10.1. The van der Waals surface area contributed by atoms with Gasteiger partial charge in [-0.25, -0.2) is 9.59 Å². The van der Waals surface area contributed by atoms with Gasteiger partial charge in [0.1, 0.15) is 6.04 Å². The molecule has 1 aliphatic rings. The van der Waals surface area contributed by atoms with Crippen LogP contribution in [0.2, 0.25) is 0 Å². The first-order valence-corrected chi connectivity index (χ1v) is 6.01. The first-order chi connectivity index (χ1) is 8.13. The molecule has 6 nitrogen and oxygen atoms in total. The SMILES string of the molecule is CCCC(NC(=O)NC1CCCOC1)C(=O)O. The fourth-order valence-corrected chi connectivity index (χ4v) is 1.79. The second kappa shape index (κ2) is 7.11. The monoisotopic (exact) mass is 244 g/mol. The maximum absolute atomic E-state index is 11.6. The Morgan fingerprint density at radius 1 is 1.53 bits per heavy atom. The molecule has 1 aliphatic heterocycles. The molecule has 0 aromatic heterocycles. The van der Waals surface area contributed by atoms with Crippen LogP contribution < -0.4 is 10.6 Å². The molecule has 1 saturated heterocycles. The summed E-state index contributed by atoms with van der Waals surface area (Å²) in [7, 11) is 0. The number of urea groups is 1. The second-order valence-electron chi connectivity index (χ2n) is 4.21. The van der Waals surface area contributed by atoms with Crippen molar-refractivity contribution < 1.29 is 19.4 Å². The molecular formula is C11H20N2O4. The van der Waals surface area contributed by atoms with Gasteiger partial charge < -0.3 is 20.5 Å². The number of carbonyl (C=O) groups is 2. The fourth-order valence-electron chi connectivity index (χ4n) is 1.79. The molecule has 98 valence electrons. The van der Waals surface area contributed by atoms with Gasteiger partial charge in [-0.2, -0.15) is 0 Å². The van der Waals surface area contributed by atoms with E-state index >= 15 is 0 Å². The molecule has 1 fully saturated rings. The van der Waals surface area contributed by atoms with Crippen molar-refractivity contribution in [1.29, 1.82) is 0 Å². The molecule has 2 unspecified atom stereocenters. The molecule has 0 bridgehead atoms. The maximum Gasteiger partial charge on any atom is 0.326 e. The third-order valence-electron chi connectivity index (χ3n) is 2.68. The van der Waals surface area contributed by atoms with E-state index in [1.807, 2.05) is 6.92 Å². The van der Waals surface area contributed by atoms with Crippen molar-refractivity contribution >= 4 is 12.0 Å². The van der Waals surface area contributed by atoms with Crippen LogP contribution in [0.15, 0.2) is 0 Å². The number of aliphatic carboxylic acids is 1. The van der Waals surface area contributed by atoms with Crippen molar-refractivity contribution in [2.24, 2.45) is 0 Å². The Morgan fingerprint density at radius 3 is 2.82 bits per heavy atom. The summed E-state index contributed by atoms with van der Waals surface area (Å²) >= 11 is 0. The molecule has 1 heterocycles. The summed E-state index contributed by atoms with van der Waals surface area (Å²) in [6.45, 7) is 3.11. The van der Waals surface area contributed by atoms with E-state index in [-0.39, 0.29) is 6.04 Å². The lowest BCUT2D eigenvalue weighted by Crippen LogP contribution is -2.50. The molecule has 0 aliphatic carbocycles. The van der Waals surface area contributed by atoms with Crippen LogP contribution in [-0.2, 0) is 9.53 Å². The molecule has 0 aromatic carbocycles. The molecular weight excluding hydrogens is 224 g/mol. The van der Waals surface area contributed by atoms with Gasteiger partial charge in [-0.3, -0.25) is 0 Å². The van der Waals surface area contributed by atoms with Crippen molar-refractivity contribution in [3.63, 3.8) is 0 Å². The summed E-state index contributed by atoms with van der Waals surface area (Å²) in [5, 5.41) is 14.1. The van der Waals surface area contributed by atoms with Gasteiger partial charge >= 0.3 is 12.0 Å². The molecule has 2 amide bonds. The van der Waals surface area contributed by atoms with E-state index in [4.69, 9.17) is 9.84 Å². The van der Waals surface area contributed by atoms with Crippen LogP contribution in [0.4, 0.5) is 4.79 Å². The molecule has 3 N–H and O–H groups in total. The van der Waals surface area contributed by atoms with Crippen molar-refractivity contribution in [3.05, 3.63) is 0 Å². The first kappa shape index (κ1) is 13.8. The van der Waals surface area contributed by atoms with Crippen LogP contribution in [0.25, 0.3) is 0 Å². The normalized spacial score (nSPS) is 21.6. The summed E-state index contributed by atoms with van der Waals surface area (Å²) in [6, 6.07) is -1.26. The molecule has 0 saturated carbocycles. The molecule has 0 spiro atoms. The van der Waals surface area contributed by atoms with Gasteiger partial charge in [0, 0.05) is 6.61 Å². The van der Waals surface area contributed by atoms with E-state index in [1.165, 1.54) is 0 Å². The summed E-state index contributed by atoms with van der Waals surface area (Å²) in [6.07, 6.45) is 2.94. The number of hydrogen-bond donors (Lipinski definition) is 3. The number of carbonyl (C=O) groups excluding carboxylic acids is 1. The van der Waals surface area contributed by atoms with Crippen molar-refractivity contribution in [2.75, 3.05) is 13.2 Å². The molecule has 17 heavy (non-hydrogen) atoms. The number of carboxylic acids is 1. The van der Waals surface area contributed by atoms with Crippen molar-refractivity contribution in [2.45, 2.75) is 44.7 Å². The fraction of sp³-hybridized carbons (Fsp3) is 0.818. The smallest absolute Gasteiger partial charge is 0.326 e. The van der Waals surface area contributed by atoms with E-state index < -0.39 is 18.0 Å². The predicted octanol–water partition coefficient (Wildman–Crippen LogP) is 0.718. The van der Waals surface area contributed by atoms with Gasteiger partial charge in [0.25, 0.3) is 0 Å². The van der Waals surface area contributed by atoms with Gasteiger partial charge in [-0.15, -0.1) is 0 Å². The van der Waals surface area contributed by atoms with Crippen molar-refractivity contribution in [1.82, 2.24) is 10.6 Å². The van der Waals surface area contributed by atoms with Crippen LogP contribution in [0.5, 0.6) is 0 Å². The Bertz CT molecular complexity index is 264. The largest absolute Gasteiger partial charge is 0.480 e. The van der Waals surface area contributed by atoms with Crippen molar-refractivity contribution in [3.8, 4) is 0 Å². The highest BCUT2D eigenvalue weighted by Gasteiger charge is 2.21. The lowest BCUT2D eigenvalue weighted by Gasteiger charge is -2.24. The standard InChI is InChI=1S/C11H20N2O4/c1-2-4-9(10(14)15)13-11(16)12-8-5-3-6-17-7-8/h8-9H,2-7H2,1H3,(H,14,15)(H2,12,13,16). The van der Waals surface area contributed by atoms with Crippen LogP contribution in [0, 0.1) is 0 Å². The highest BCUT2D eigenvalue weighted by molar-refractivity contribution is 5.82. The third-order valence-corrected chi connectivity index (χ3v) is 2.68. The average molecular weight is 244 g/mol. The summed E-state index contributed by atoms with van der Waals surface area (Å²) in [4.78, 5) is 22.4. The maximum atomic E-state index is 11.6. The Labute approximate surface area is 101 Å². The number of ether oxygens (including phenoxy) is 1. The molecule has 0 aromatic rings. The van der Waals surface area contributed by atoms with E-state index in [0.29, 0.717) is 19.4 Å². The van der Waals surface area contributed by atoms with Crippen LogP contribution in [-0.4, -0.2) is 42.4 Å².